The summed E-state index contributed by atoms with van der Waals surface area (Å²) in [5.74, 6) is 1.17. The maximum atomic E-state index is 13.4. The number of unbranched alkanes of at least 4 members (excludes halogenated alkanes) is 1. The van der Waals surface area contributed by atoms with Crippen molar-refractivity contribution in [2.75, 3.05) is 12.0 Å². The van der Waals surface area contributed by atoms with E-state index in [-0.39, 0.29) is 17.9 Å². The minimum atomic E-state index is 0.0740. The van der Waals surface area contributed by atoms with Gasteiger partial charge in [0.2, 0.25) is 5.91 Å². The van der Waals surface area contributed by atoms with Crippen LogP contribution in [-0.4, -0.2) is 13.0 Å². The van der Waals surface area contributed by atoms with Crippen molar-refractivity contribution < 1.29 is 9.53 Å². The van der Waals surface area contributed by atoms with Gasteiger partial charge in [-0.15, -0.1) is 0 Å². The molecule has 4 rings (SSSR count). The summed E-state index contributed by atoms with van der Waals surface area (Å²) in [6, 6.07) is 28.9. The Bertz CT molecular complexity index is 938. The van der Waals surface area contributed by atoms with Gasteiger partial charge in [-0.3, -0.25) is 4.79 Å². The lowest BCUT2D eigenvalue weighted by molar-refractivity contribution is -0.120. The number of carbonyl (C=O) groups excluding carboxylic acids is 1. The zero-order valence-electron chi connectivity index (χ0n) is 17.5. The van der Waals surface area contributed by atoms with E-state index in [4.69, 9.17) is 4.74 Å². The predicted molar refractivity (Wildman–Crippen MR) is 122 cm³/mol. The van der Waals surface area contributed by atoms with Crippen LogP contribution in [0.3, 0.4) is 0 Å². The van der Waals surface area contributed by atoms with E-state index >= 15 is 0 Å². The molecule has 0 unspecified atom stereocenters. The second kappa shape index (κ2) is 9.62. The summed E-state index contributed by atoms with van der Waals surface area (Å²) < 4.78 is 5.31. The second-order valence-corrected chi connectivity index (χ2v) is 8.00. The summed E-state index contributed by atoms with van der Waals surface area (Å²) in [4.78, 5) is 15.4. The van der Waals surface area contributed by atoms with Gasteiger partial charge in [0.25, 0.3) is 0 Å². The normalized spacial score (nSPS) is 18.6. The fraction of sp³-hybridized carbons (Fsp3) is 0.296. The smallest absolute Gasteiger partial charge is 0.230 e. The van der Waals surface area contributed by atoms with Gasteiger partial charge in [0.15, 0.2) is 0 Å². The van der Waals surface area contributed by atoms with Crippen molar-refractivity contribution in [3.8, 4) is 5.75 Å². The molecule has 1 aliphatic rings. The molecule has 0 radical (unpaired) electrons. The van der Waals surface area contributed by atoms with Gasteiger partial charge >= 0.3 is 0 Å². The quantitative estimate of drug-likeness (QED) is 0.422. The Morgan fingerprint density at radius 1 is 0.867 bits per heavy atom. The molecule has 1 saturated heterocycles. The molecule has 3 aromatic rings. The highest BCUT2D eigenvalue weighted by atomic mass is 16.5. The molecule has 0 aliphatic carbocycles. The van der Waals surface area contributed by atoms with Crippen LogP contribution in [0.4, 0.5) is 5.69 Å². The van der Waals surface area contributed by atoms with E-state index in [1.807, 2.05) is 47.4 Å². The van der Waals surface area contributed by atoms with Gasteiger partial charge in [-0.05, 0) is 61.1 Å². The lowest BCUT2D eigenvalue weighted by Crippen LogP contribution is -2.29. The number of para-hydroxylation sites is 1. The molecule has 3 aromatic carbocycles. The minimum Gasteiger partial charge on any atom is -0.497 e. The molecule has 0 N–H and O–H groups in total. The van der Waals surface area contributed by atoms with Crippen molar-refractivity contribution in [2.45, 2.75) is 38.1 Å². The van der Waals surface area contributed by atoms with Crippen LogP contribution in [0.25, 0.3) is 0 Å². The Morgan fingerprint density at radius 2 is 1.53 bits per heavy atom. The van der Waals surface area contributed by atoms with E-state index in [1.54, 1.807) is 7.11 Å². The summed E-state index contributed by atoms with van der Waals surface area (Å²) in [5.41, 5.74) is 3.52. The molecule has 0 aromatic heterocycles. The summed E-state index contributed by atoms with van der Waals surface area (Å²) >= 11 is 0. The van der Waals surface area contributed by atoms with Crippen LogP contribution < -0.4 is 9.64 Å². The number of ether oxygens (including phenoxy) is 1. The first-order valence-corrected chi connectivity index (χ1v) is 10.8. The molecule has 0 spiro atoms. The van der Waals surface area contributed by atoms with E-state index in [1.165, 1.54) is 11.1 Å². The van der Waals surface area contributed by atoms with Gasteiger partial charge in [-0.2, -0.15) is 0 Å². The van der Waals surface area contributed by atoms with Crippen molar-refractivity contribution in [3.63, 3.8) is 0 Å². The first-order valence-electron chi connectivity index (χ1n) is 10.8. The third-order valence-corrected chi connectivity index (χ3v) is 6.05. The second-order valence-electron chi connectivity index (χ2n) is 8.00. The summed E-state index contributed by atoms with van der Waals surface area (Å²) in [5, 5.41) is 0. The summed E-state index contributed by atoms with van der Waals surface area (Å²) in [6.45, 7) is 0. The van der Waals surface area contributed by atoms with Crippen molar-refractivity contribution in [1.82, 2.24) is 0 Å². The molecular weight excluding hydrogens is 370 g/mol. The van der Waals surface area contributed by atoms with Crippen molar-refractivity contribution >= 4 is 11.6 Å². The van der Waals surface area contributed by atoms with E-state index in [0.717, 1.165) is 43.5 Å². The number of amides is 1. The standard InChI is InChI=1S/C27H29NO2/c1-30-25-18-16-22(17-19-25)26-20-23(13-9-8-12-21-10-4-2-5-11-21)27(29)28(26)24-14-6-3-7-15-24/h2-7,10-11,14-19,23,26H,8-9,12-13,20H2,1H3/t23-,26-/m1/s1. The predicted octanol–water partition coefficient (Wildman–Crippen LogP) is 6.20. The Balaban J connectivity index is 1.46. The average molecular weight is 400 g/mol. The maximum absolute atomic E-state index is 13.4. The van der Waals surface area contributed by atoms with Gasteiger partial charge in [0.1, 0.15) is 5.75 Å². The van der Waals surface area contributed by atoms with Crippen LogP contribution in [-0.2, 0) is 11.2 Å². The zero-order chi connectivity index (χ0) is 20.8. The minimum absolute atomic E-state index is 0.0740. The number of methoxy groups -OCH3 is 1. The van der Waals surface area contributed by atoms with Crippen LogP contribution in [0.15, 0.2) is 84.9 Å². The number of rotatable bonds is 8. The number of carbonyl (C=O) groups is 1. The van der Waals surface area contributed by atoms with Crippen molar-refractivity contribution in [2.24, 2.45) is 5.92 Å². The van der Waals surface area contributed by atoms with Crippen molar-refractivity contribution in [3.05, 3.63) is 96.1 Å². The summed E-state index contributed by atoms with van der Waals surface area (Å²) in [7, 11) is 1.68. The highest BCUT2D eigenvalue weighted by Crippen LogP contribution is 2.42. The molecule has 0 saturated carbocycles. The fourth-order valence-electron chi connectivity index (χ4n) is 4.44. The van der Waals surface area contributed by atoms with Gasteiger partial charge in [-0.25, -0.2) is 0 Å². The largest absolute Gasteiger partial charge is 0.497 e. The summed E-state index contributed by atoms with van der Waals surface area (Å²) in [6.07, 6.45) is 5.08. The number of anilines is 1. The van der Waals surface area contributed by atoms with E-state index in [2.05, 4.69) is 42.5 Å². The number of aryl methyl sites for hydroxylation is 1. The first-order chi connectivity index (χ1) is 14.8. The van der Waals surface area contributed by atoms with Crippen LogP contribution in [0.2, 0.25) is 0 Å². The zero-order valence-corrected chi connectivity index (χ0v) is 17.5. The highest BCUT2D eigenvalue weighted by molar-refractivity contribution is 5.98. The van der Waals surface area contributed by atoms with E-state index in [9.17, 15) is 4.79 Å². The molecule has 3 heteroatoms. The fourth-order valence-corrected chi connectivity index (χ4v) is 4.44. The molecular formula is C27H29NO2. The molecule has 30 heavy (non-hydrogen) atoms. The van der Waals surface area contributed by atoms with Crippen LogP contribution in [0.5, 0.6) is 5.75 Å². The molecule has 1 amide bonds. The van der Waals surface area contributed by atoms with Crippen LogP contribution in [0, 0.1) is 5.92 Å². The van der Waals surface area contributed by atoms with E-state index in [0.29, 0.717) is 0 Å². The number of hydrogen-bond acceptors (Lipinski definition) is 2. The van der Waals surface area contributed by atoms with E-state index < -0.39 is 0 Å². The number of nitrogens with zero attached hydrogens (tertiary/aromatic N) is 1. The Labute approximate surface area is 179 Å². The third kappa shape index (κ3) is 4.56. The number of benzene rings is 3. The van der Waals surface area contributed by atoms with Gasteiger partial charge in [0.05, 0.1) is 13.2 Å². The highest BCUT2D eigenvalue weighted by Gasteiger charge is 2.40. The lowest BCUT2D eigenvalue weighted by Gasteiger charge is -2.25. The molecule has 1 fully saturated rings. The molecule has 3 nitrogen and oxygen atoms in total. The third-order valence-electron chi connectivity index (χ3n) is 6.05. The van der Waals surface area contributed by atoms with Gasteiger partial charge in [0, 0.05) is 11.6 Å². The Hall–Kier alpha value is -3.07. The molecule has 1 heterocycles. The van der Waals surface area contributed by atoms with Crippen LogP contribution in [0.1, 0.15) is 42.9 Å². The molecule has 0 bridgehead atoms. The lowest BCUT2D eigenvalue weighted by atomic mass is 9.94. The molecule has 2 atom stereocenters. The Morgan fingerprint density at radius 3 is 2.20 bits per heavy atom. The maximum Gasteiger partial charge on any atom is 0.230 e. The first kappa shape index (κ1) is 20.2. The molecule has 154 valence electrons. The monoisotopic (exact) mass is 399 g/mol. The molecule has 1 aliphatic heterocycles. The van der Waals surface area contributed by atoms with Gasteiger partial charge in [-0.1, -0.05) is 67.1 Å². The average Bonchev–Trinajstić information content (AvgIpc) is 3.14. The SMILES string of the molecule is COc1ccc([C@H]2C[C@@H](CCCCc3ccccc3)C(=O)N2c2ccccc2)cc1. The van der Waals surface area contributed by atoms with Crippen molar-refractivity contribution in [1.29, 1.82) is 0 Å². The van der Waals surface area contributed by atoms with Gasteiger partial charge < -0.3 is 9.64 Å². The topological polar surface area (TPSA) is 29.5 Å². The Kier molecular flexibility index (Phi) is 6.48. The van der Waals surface area contributed by atoms with Crippen LogP contribution >= 0.6 is 0 Å². The number of hydrogen-bond donors (Lipinski definition) is 0.